The van der Waals surface area contributed by atoms with Gasteiger partial charge in [0.1, 0.15) is 5.69 Å². The van der Waals surface area contributed by atoms with Gasteiger partial charge in [-0.15, -0.1) is 0 Å². The number of rotatable bonds is 5. The summed E-state index contributed by atoms with van der Waals surface area (Å²) in [6, 6.07) is 8.31. The van der Waals surface area contributed by atoms with Gasteiger partial charge < -0.3 is 20.1 Å². The molecule has 2 rings (SSSR count). The number of methoxy groups -OCH3 is 1. The number of aromatic amines is 1. The lowest BCUT2D eigenvalue weighted by molar-refractivity contribution is -0.145. The zero-order chi connectivity index (χ0) is 16.3. The van der Waals surface area contributed by atoms with Crippen LogP contribution >= 0.6 is 0 Å². The minimum Gasteiger partial charge on any atom is -0.479 e. The van der Waals surface area contributed by atoms with Crippen LogP contribution in [0.25, 0.3) is 10.8 Å². The Labute approximate surface area is 125 Å². The maximum absolute atomic E-state index is 12.2. The van der Waals surface area contributed by atoms with Gasteiger partial charge in [-0.3, -0.25) is 9.59 Å². The van der Waals surface area contributed by atoms with Crippen LogP contribution in [0.15, 0.2) is 35.1 Å². The van der Waals surface area contributed by atoms with Crippen molar-refractivity contribution < 1.29 is 19.4 Å². The molecule has 7 nitrogen and oxygen atoms in total. The van der Waals surface area contributed by atoms with Crippen molar-refractivity contribution in [2.24, 2.45) is 0 Å². The van der Waals surface area contributed by atoms with Gasteiger partial charge >= 0.3 is 5.97 Å². The second-order valence-corrected chi connectivity index (χ2v) is 5.12. The number of aromatic nitrogens is 1. The van der Waals surface area contributed by atoms with Crippen LogP contribution in [0.1, 0.15) is 17.4 Å². The Morgan fingerprint density at radius 1 is 1.36 bits per heavy atom. The number of ether oxygens (including phenoxy) is 1. The second kappa shape index (κ2) is 5.98. The Balaban J connectivity index is 2.37. The fourth-order valence-electron chi connectivity index (χ4n) is 2.09. The van der Waals surface area contributed by atoms with Crippen molar-refractivity contribution in [3.8, 4) is 0 Å². The van der Waals surface area contributed by atoms with Gasteiger partial charge in [-0.1, -0.05) is 18.2 Å². The molecule has 22 heavy (non-hydrogen) atoms. The number of hydrogen-bond donors (Lipinski definition) is 3. The summed E-state index contributed by atoms with van der Waals surface area (Å²) in [5, 5.41) is 12.6. The number of nitrogens with one attached hydrogen (secondary N) is 2. The molecule has 0 fully saturated rings. The molecule has 1 heterocycles. The minimum atomic E-state index is -1.59. The highest BCUT2D eigenvalue weighted by Gasteiger charge is 2.35. The van der Waals surface area contributed by atoms with Crippen molar-refractivity contribution in [1.82, 2.24) is 10.3 Å². The minimum absolute atomic E-state index is 0.00715. The molecule has 0 bridgehead atoms. The summed E-state index contributed by atoms with van der Waals surface area (Å²) in [5.41, 5.74) is -2.01. The standard InChI is InChI=1S/C15H16N2O5/c1-15(8-22-2,14(20)21)17-13(19)11-7-9-5-3-4-6-10(9)12(18)16-11/h3-7H,8H2,1-2H3,(H,16,18)(H,17,19)(H,20,21). The molecule has 7 heteroatoms. The molecule has 0 aliphatic heterocycles. The first kappa shape index (κ1) is 15.7. The van der Waals surface area contributed by atoms with Crippen LogP contribution in [0.5, 0.6) is 0 Å². The Morgan fingerprint density at radius 3 is 2.68 bits per heavy atom. The molecule has 116 valence electrons. The van der Waals surface area contributed by atoms with Crippen molar-refractivity contribution in [2.45, 2.75) is 12.5 Å². The number of hydrogen-bond acceptors (Lipinski definition) is 4. The van der Waals surface area contributed by atoms with E-state index in [2.05, 4.69) is 10.3 Å². The Bertz CT molecular complexity index is 783. The van der Waals surface area contributed by atoms with Crippen LogP contribution in [0.4, 0.5) is 0 Å². The molecule has 0 aliphatic carbocycles. The van der Waals surface area contributed by atoms with Gasteiger partial charge in [-0.2, -0.15) is 0 Å². The first-order chi connectivity index (χ1) is 10.4. The smallest absolute Gasteiger partial charge is 0.331 e. The molecule has 1 aromatic carbocycles. The third-order valence-electron chi connectivity index (χ3n) is 3.29. The van der Waals surface area contributed by atoms with E-state index in [1.54, 1.807) is 24.3 Å². The molecule has 0 spiro atoms. The number of aliphatic carboxylic acids is 1. The molecule has 1 aromatic heterocycles. The van der Waals surface area contributed by atoms with E-state index in [1.165, 1.54) is 20.1 Å². The number of carbonyl (C=O) groups excluding carboxylic acids is 1. The van der Waals surface area contributed by atoms with Crippen LogP contribution in [0.2, 0.25) is 0 Å². The fourth-order valence-corrected chi connectivity index (χ4v) is 2.09. The average molecular weight is 304 g/mol. The van der Waals surface area contributed by atoms with Gasteiger partial charge in [0, 0.05) is 12.5 Å². The lowest BCUT2D eigenvalue weighted by atomic mass is 10.0. The van der Waals surface area contributed by atoms with E-state index in [4.69, 9.17) is 4.74 Å². The molecule has 3 N–H and O–H groups in total. The monoisotopic (exact) mass is 304 g/mol. The van der Waals surface area contributed by atoms with E-state index in [-0.39, 0.29) is 12.3 Å². The van der Waals surface area contributed by atoms with Crippen LogP contribution in [-0.2, 0) is 9.53 Å². The SMILES string of the molecule is COCC(C)(NC(=O)c1cc2ccccc2c(=O)[nH]1)C(=O)O. The number of amides is 1. The highest BCUT2D eigenvalue weighted by atomic mass is 16.5. The Kier molecular flexibility index (Phi) is 4.27. The normalized spacial score (nSPS) is 13.5. The summed E-state index contributed by atoms with van der Waals surface area (Å²) >= 11 is 0. The van der Waals surface area contributed by atoms with Crippen molar-refractivity contribution in [1.29, 1.82) is 0 Å². The number of carboxylic acid groups (broad SMARTS) is 1. The van der Waals surface area contributed by atoms with Gasteiger partial charge in [-0.25, -0.2) is 4.79 Å². The summed E-state index contributed by atoms with van der Waals surface area (Å²) in [6.07, 6.45) is 0. The van der Waals surface area contributed by atoms with Crippen molar-refractivity contribution >= 4 is 22.6 Å². The largest absolute Gasteiger partial charge is 0.479 e. The number of carbonyl (C=O) groups is 2. The van der Waals surface area contributed by atoms with Crippen LogP contribution in [0.3, 0.4) is 0 Å². The van der Waals surface area contributed by atoms with Gasteiger partial charge in [0.05, 0.1) is 6.61 Å². The summed E-state index contributed by atoms with van der Waals surface area (Å²) in [4.78, 5) is 37.9. The summed E-state index contributed by atoms with van der Waals surface area (Å²) < 4.78 is 4.83. The van der Waals surface area contributed by atoms with E-state index in [0.29, 0.717) is 10.8 Å². The average Bonchev–Trinajstić information content (AvgIpc) is 2.47. The van der Waals surface area contributed by atoms with Crippen molar-refractivity contribution in [3.05, 3.63) is 46.4 Å². The molecule has 0 saturated carbocycles. The Hall–Kier alpha value is -2.67. The van der Waals surface area contributed by atoms with E-state index in [9.17, 15) is 19.5 Å². The van der Waals surface area contributed by atoms with Gasteiger partial charge in [-0.05, 0) is 24.4 Å². The summed E-state index contributed by atoms with van der Waals surface area (Å²) in [7, 11) is 1.34. The number of H-pyrrole nitrogens is 1. The lowest BCUT2D eigenvalue weighted by Crippen LogP contribution is -2.55. The zero-order valence-electron chi connectivity index (χ0n) is 12.2. The van der Waals surface area contributed by atoms with Crippen LogP contribution in [-0.4, -0.2) is 41.2 Å². The quantitative estimate of drug-likeness (QED) is 0.755. The second-order valence-electron chi connectivity index (χ2n) is 5.12. The first-order valence-electron chi connectivity index (χ1n) is 6.54. The molecule has 1 unspecified atom stereocenters. The molecular weight excluding hydrogens is 288 g/mol. The van der Waals surface area contributed by atoms with E-state index in [0.717, 1.165) is 0 Å². The predicted octanol–water partition coefficient (Wildman–Crippen LogP) is 0.748. The van der Waals surface area contributed by atoms with Crippen molar-refractivity contribution in [3.63, 3.8) is 0 Å². The van der Waals surface area contributed by atoms with Gasteiger partial charge in [0.2, 0.25) is 0 Å². The fraction of sp³-hybridized carbons (Fsp3) is 0.267. The maximum atomic E-state index is 12.2. The van der Waals surface area contributed by atoms with Gasteiger partial charge in [0.15, 0.2) is 5.54 Å². The third kappa shape index (κ3) is 2.99. The third-order valence-corrected chi connectivity index (χ3v) is 3.29. The molecule has 0 radical (unpaired) electrons. The molecule has 1 atom stereocenters. The molecular formula is C15H16N2O5. The lowest BCUT2D eigenvalue weighted by Gasteiger charge is -2.25. The van der Waals surface area contributed by atoms with Gasteiger partial charge in [0.25, 0.3) is 11.5 Å². The number of pyridine rings is 1. The van der Waals surface area contributed by atoms with E-state index >= 15 is 0 Å². The zero-order valence-corrected chi connectivity index (χ0v) is 12.2. The molecule has 0 saturated heterocycles. The predicted molar refractivity (Wildman–Crippen MR) is 80.0 cm³/mol. The van der Waals surface area contributed by atoms with Crippen LogP contribution < -0.4 is 10.9 Å². The number of carboxylic acids is 1. The first-order valence-corrected chi connectivity index (χ1v) is 6.54. The Morgan fingerprint density at radius 2 is 2.05 bits per heavy atom. The topological polar surface area (TPSA) is 108 Å². The highest BCUT2D eigenvalue weighted by Crippen LogP contribution is 2.11. The van der Waals surface area contributed by atoms with E-state index < -0.39 is 23.0 Å². The van der Waals surface area contributed by atoms with Crippen molar-refractivity contribution in [2.75, 3.05) is 13.7 Å². The van der Waals surface area contributed by atoms with E-state index in [1.807, 2.05) is 0 Å². The van der Waals surface area contributed by atoms with Crippen LogP contribution in [0, 0.1) is 0 Å². The highest BCUT2D eigenvalue weighted by molar-refractivity contribution is 5.99. The molecule has 0 aliphatic rings. The number of fused-ring (bicyclic) bond motifs is 1. The summed E-state index contributed by atoms with van der Waals surface area (Å²) in [6.45, 7) is 1.13. The molecule has 2 aromatic rings. The molecule has 1 amide bonds. The number of benzene rings is 1. The summed E-state index contributed by atoms with van der Waals surface area (Å²) in [5.74, 6) is -1.92. The maximum Gasteiger partial charge on any atom is 0.331 e.